The van der Waals surface area contributed by atoms with E-state index in [2.05, 4.69) is 18.3 Å². The summed E-state index contributed by atoms with van der Waals surface area (Å²) < 4.78 is 0. The Bertz CT molecular complexity index is 135. The molecule has 0 radical (unpaired) electrons. The monoisotopic (exact) mass is 109 g/mol. The van der Waals surface area contributed by atoms with Crippen LogP contribution >= 0.6 is 0 Å². The van der Waals surface area contributed by atoms with E-state index >= 15 is 0 Å². The van der Waals surface area contributed by atoms with Crippen LogP contribution in [0.15, 0.2) is 29.4 Å². The minimum atomic E-state index is 0.497. The molecule has 0 aliphatic rings. The highest BCUT2D eigenvalue weighted by Gasteiger charge is 1.73. The summed E-state index contributed by atoms with van der Waals surface area (Å²) in [5, 5.41) is 0. The van der Waals surface area contributed by atoms with Crippen molar-refractivity contribution in [1.82, 2.24) is 0 Å². The van der Waals surface area contributed by atoms with Gasteiger partial charge < -0.3 is 0 Å². The third-order valence-electron chi connectivity index (χ3n) is 0.570. The van der Waals surface area contributed by atoms with Gasteiger partial charge in [-0.2, -0.15) is 0 Å². The van der Waals surface area contributed by atoms with Crippen LogP contribution in [0.3, 0.4) is 0 Å². The normalized spacial score (nSPS) is 9.00. The van der Waals surface area contributed by atoms with Crippen molar-refractivity contribution in [3.8, 4) is 0 Å². The van der Waals surface area contributed by atoms with Crippen molar-refractivity contribution in [1.29, 1.82) is 0 Å². The highest BCUT2D eigenvalue weighted by molar-refractivity contribution is 5.65. The standard InChI is InChI=1S/C6H7NO/c1-6(7-2)4-3-5-8/h3-5H,1-2H2. The highest BCUT2D eigenvalue weighted by Crippen LogP contribution is 1.89. The summed E-state index contributed by atoms with van der Waals surface area (Å²) in [5.41, 5.74) is 0.497. The summed E-state index contributed by atoms with van der Waals surface area (Å²) in [4.78, 5) is 13.1. The minimum absolute atomic E-state index is 0.497. The van der Waals surface area contributed by atoms with Crippen molar-refractivity contribution in [2.75, 3.05) is 0 Å². The van der Waals surface area contributed by atoms with Crippen molar-refractivity contribution in [2.45, 2.75) is 0 Å². The number of carbonyl (C=O) groups excluding carboxylic acids is 1. The molecular weight excluding hydrogens is 102 g/mol. The topological polar surface area (TPSA) is 29.4 Å². The number of aliphatic imine (C=N–C) groups is 1. The van der Waals surface area contributed by atoms with Crippen LogP contribution in [-0.4, -0.2) is 13.0 Å². The molecule has 0 rings (SSSR count). The number of rotatable bonds is 3. The Morgan fingerprint density at radius 3 is 2.62 bits per heavy atom. The van der Waals surface area contributed by atoms with Gasteiger partial charge in [0.15, 0.2) is 0 Å². The fraction of sp³-hybridized carbons (Fsp3) is 0. The molecular formula is C6H7NO. The van der Waals surface area contributed by atoms with E-state index in [0.717, 1.165) is 0 Å². The molecule has 0 unspecified atom stereocenters. The molecule has 8 heavy (non-hydrogen) atoms. The van der Waals surface area contributed by atoms with Gasteiger partial charge in [-0.25, -0.2) is 0 Å². The van der Waals surface area contributed by atoms with Crippen LogP contribution in [0.1, 0.15) is 0 Å². The van der Waals surface area contributed by atoms with Gasteiger partial charge in [-0.15, -0.1) is 0 Å². The third kappa shape index (κ3) is 3.03. The zero-order chi connectivity index (χ0) is 6.41. The molecule has 0 N–H and O–H groups in total. The van der Waals surface area contributed by atoms with Gasteiger partial charge in [-0.05, 0) is 18.9 Å². The Kier molecular flexibility index (Phi) is 3.40. The largest absolute Gasteiger partial charge is 0.299 e. The quantitative estimate of drug-likeness (QED) is 0.230. The Labute approximate surface area is 48.2 Å². The zero-order valence-corrected chi connectivity index (χ0v) is 4.50. The van der Waals surface area contributed by atoms with Gasteiger partial charge in [0.2, 0.25) is 0 Å². The number of hydrogen-bond donors (Lipinski definition) is 0. The fourth-order valence-corrected chi connectivity index (χ4v) is 0.203. The molecule has 0 aliphatic carbocycles. The molecule has 0 saturated heterocycles. The molecule has 0 saturated carbocycles. The first-order valence-electron chi connectivity index (χ1n) is 2.08. The van der Waals surface area contributed by atoms with Gasteiger partial charge in [0.05, 0.1) is 5.70 Å². The number of aldehydes is 1. The minimum Gasteiger partial charge on any atom is -0.299 e. The van der Waals surface area contributed by atoms with Gasteiger partial charge >= 0.3 is 0 Å². The Morgan fingerprint density at radius 1 is 1.62 bits per heavy atom. The lowest BCUT2D eigenvalue weighted by Crippen LogP contribution is -1.64. The maximum atomic E-state index is 9.64. The Morgan fingerprint density at radius 2 is 2.25 bits per heavy atom. The van der Waals surface area contributed by atoms with E-state index in [9.17, 15) is 4.79 Å². The molecule has 42 valence electrons. The van der Waals surface area contributed by atoms with Crippen LogP contribution in [0.25, 0.3) is 0 Å². The van der Waals surface area contributed by atoms with Crippen molar-refractivity contribution >= 4 is 13.0 Å². The smallest absolute Gasteiger partial charge is 0.142 e. The summed E-state index contributed by atoms with van der Waals surface area (Å²) in [6, 6.07) is 0. The second-order valence-electron chi connectivity index (χ2n) is 1.14. The molecule has 0 heterocycles. The van der Waals surface area contributed by atoms with Crippen LogP contribution in [-0.2, 0) is 4.79 Å². The van der Waals surface area contributed by atoms with E-state index in [0.29, 0.717) is 12.0 Å². The summed E-state index contributed by atoms with van der Waals surface area (Å²) in [6.07, 6.45) is 3.47. The predicted octanol–water partition coefficient (Wildman–Crippen LogP) is 0.956. The van der Waals surface area contributed by atoms with Gasteiger partial charge in [0.1, 0.15) is 6.29 Å². The first-order chi connectivity index (χ1) is 3.81. The van der Waals surface area contributed by atoms with Gasteiger partial charge in [0, 0.05) is 0 Å². The second-order valence-corrected chi connectivity index (χ2v) is 1.14. The molecule has 0 aromatic rings. The number of nitrogens with zero attached hydrogens (tertiary/aromatic N) is 1. The van der Waals surface area contributed by atoms with Gasteiger partial charge in [-0.3, -0.25) is 9.79 Å². The predicted molar refractivity (Wildman–Crippen MR) is 33.9 cm³/mol. The molecule has 2 heteroatoms. The maximum absolute atomic E-state index is 9.64. The van der Waals surface area contributed by atoms with Crippen molar-refractivity contribution in [3.63, 3.8) is 0 Å². The fourth-order valence-electron chi connectivity index (χ4n) is 0.203. The van der Waals surface area contributed by atoms with Crippen molar-refractivity contribution in [3.05, 3.63) is 24.4 Å². The van der Waals surface area contributed by atoms with E-state index < -0.39 is 0 Å². The van der Waals surface area contributed by atoms with Crippen LogP contribution in [0.5, 0.6) is 0 Å². The van der Waals surface area contributed by atoms with Gasteiger partial charge in [-0.1, -0.05) is 6.58 Å². The lowest BCUT2D eigenvalue weighted by molar-refractivity contribution is -0.104. The molecule has 0 aliphatic heterocycles. The molecule has 0 spiro atoms. The SMILES string of the molecule is C=NC(=C)C=CC=O. The van der Waals surface area contributed by atoms with Crippen LogP contribution in [0.4, 0.5) is 0 Å². The maximum Gasteiger partial charge on any atom is 0.142 e. The lowest BCUT2D eigenvalue weighted by Gasteiger charge is -1.79. The first-order valence-corrected chi connectivity index (χ1v) is 2.08. The number of hydrogen-bond acceptors (Lipinski definition) is 2. The number of carbonyl (C=O) groups is 1. The average molecular weight is 109 g/mol. The molecule has 0 atom stereocenters. The lowest BCUT2D eigenvalue weighted by atomic mass is 10.4. The van der Waals surface area contributed by atoms with E-state index in [4.69, 9.17) is 0 Å². The summed E-state index contributed by atoms with van der Waals surface area (Å²) in [5.74, 6) is 0. The molecule has 0 aromatic heterocycles. The van der Waals surface area contributed by atoms with Crippen LogP contribution in [0, 0.1) is 0 Å². The van der Waals surface area contributed by atoms with E-state index in [1.807, 2.05) is 0 Å². The Balaban J connectivity index is 3.69. The van der Waals surface area contributed by atoms with Gasteiger partial charge in [0.25, 0.3) is 0 Å². The zero-order valence-electron chi connectivity index (χ0n) is 4.50. The molecule has 0 aromatic carbocycles. The third-order valence-corrected chi connectivity index (χ3v) is 0.570. The van der Waals surface area contributed by atoms with E-state index in [-0.39, 0.29) is 0 Å². The number of allylic oxidation sites excluding steroid dienone is 2. The molecule has 2 nitrogen and oxygen atoms in total. The Hall–Kier alpha value is -1.18. The second kappa shape index (κ2) is 3.99. The van der Waals surface area contributed by atoms with Crippen LogP contribution in [0.2, 0.25) is 0 Å². The first kappa shape index (κ1) is 6.82. The molecule has 0 fully saturated rings. The highest BCUT2D eigenvalue weighted by atomic mass is 16.1. The summed E-state index contributed by atoms with van der Waals surface area (Å²) in [7, 11) is 0. The van der Waals surface area contributed by atoms with E-state index in [1.54, 1.807) is 0 Å². The summed E-state index contributed by atoms with van der Waals surface area (Å²) >= 11 is 0. The molecule has 0 bridgehead atoms. The molecule has 0 amide bonds. The van der Waals surface area contributed by atoms with E-state index in [1.165, 1.54) is 12.2 Å². The van der Waals surface area contributed by atoms with Crippen molar-refractivity contribution < 1.29 is 4.79 Å². The van der Waals surface area contributed by atoms with Crippen molar-refractivity contribution in [2.24, 2.45) is 4.99 Å². The average Bonchev–Trinajstić information content (AvgIpc) is 1.83. The van der Waals surface area contributed by atoms with Crippen LogP contribution < -0.4 is 0 Å². The summed E-state index contributed by atoms with van der Waals surface area (Å²) in [6.45, 7) is 6.63.